The van der Waals surface area contributed by atoms with Crippen LogP contribution in [0.25, 0.3) is 0 Å². The zero-order valence-corrected chi connectivity index (χ0v) is 12.8. The van der Waals surface area contributed by atoms with Crippen molar-refractivity contribution in [2.75, 3.05) is 20.8 Å². The van der Waals surface area contributed by atoms with Gasteiger partial charge in [-0.1, -0.05) is 12.5 Å². The second-order valence-corrected chi connectivity index (χ2v) is 5.96. The number of rotatable bonds is 3. The number of hydrogen-bond donors (Lipinski definition) is 0. The molecule has 4 heteroatoms. The van der Waals surface area contributed by atoms with E-state index in [1.54, 1.807) is 14.2 Å². The van der Waals surface area contributed by atoms with Crippen LogP contribution in [0.4, 0.5) is 0 Å². The van der Waals surface area contributed by atoms with E-state index in [-0.39, 0.29) is 6.04 Å². The maximum absolute atomic E-state index is 12.1. The lowest BCUT2D eigenvalue weighted by Crippen LogP contribution is -2.47. The number of Topliss-reactive ketones (excluding diaryl/α,β-unsaturated/α-hetero) is 1. The van der Waals surface area contributed by atoms with E-state index >= 15 is 0 Å². The third-order valence-corrected chi connectivity index (χ3v) is 4.75. The van der Waals surface area contributed by atoms with Crippen molar-refractivity contribution in [3.8, 4) is 11.5 Å². The second kappa shape index (κ2) is 6.06. The number of piperidine rings is 2. The van der Waals surface area contributed by atoms with Crippen molar-refractivity contribution in [1.29, 1.82) is 0 Å². The van der Waals surface area contributed by atoms with Crippen molar-refractivity contribution >= 4 is 5.78 Å². The van der Waals surface area contributed by atoms with Gasteiger partial charge in [0, 0.05) is 24.9 Å². The van der Waals surface area contributed by atoms with Crippen molar-refractivity contribution in [2.24, 2.45) is 0 Å². The minimum Gasteiger partial charge on any atom is -0.493 e. The van der Waals surface area contributed by atoms with E-state index in [0.717, 1.165) is 36.4 Å². The van der Waals surface area contributed by atoms with Gasteiger partial charge in [0.2, 0.25) is 0 Å². The third-order valence-electron chi connectivity index (χ3n) is 4.75. The fraction of sp³-hybridized carbons (Fsp3) is 0.588. The summed E-state index contributed by atoms with van der Waals surface area (Å²) in [6.45, 7) is 1.09. The fourth-order valence-corrected chi connectivity index (χ4v) is 3.70. The summed E-state index contributed by atoms with van der Waals surface area (Å²) < 4.78 is 10.7. The number of nitrogens with zero attached hydrogens (tertiary/aromatic N) is 1. The van der Waals surface area contributed by atoms with Crippen molar-refractivity contribution < 1.29 is 14.3 Å². The summed E-state index contributed by atoms with van der Waals surface area (Å²) in [7, 11) is 3.29. The summed E-state index contributed by atoms with van der Waals surface area (Å²) >= 11 is 0. The lowest BCUT2D eigenvalue weighted by Gasteiger charge is -2.44. The van der Waals surface area contributed by atoms with Crippen LogP contribution in [0.5, 0.6) is 11.5 Å². The highest BCUT2D eigenvalue weighted by molar-refractivity contribution is 5.80. The first-order chi connectivity index (χ1) is 10.2. The zero-order valence-electron chi connectivity index (χ0n) is 12.8. The average Bonchev–Trinajstić information content (AvgIpc) is 2.53. The van der Waals surface area contributed by atoms with E-state index in [0.29, 0.717) is 18.2 Å². The van der Waals surface area contributed by atoms with Gasteiger partial charge in [0.25, 0.3) is 0 Å². The number of methoxy groups -OCH3 is 2. The molecule has 0 aliphatic carbocycles. The van der Waals surface area contributed by atoms with Gasteiger partial charge in [-0.2, -0.15) is 0 Å². The SMILES string of the molecule is COc1ccc([C@@H]2CC(=O)C[C@@H]3CCCCN32)cc1OC. The van der Waals surface area contributed by atoms with E-state index in [4.69, 9.17) is 9.47 Å². The summed E-state index contributed by atoms with van der Waals surface area (Å²) in [6, 6.07) is 6.64. The van der Waals surface area contributed by atoms with E-state index in [1.165, 1.54) is 12.8 Å². The first kappa shape index (κ1) is 14.4. The molecule has 3 rings (SSSR count). The van der Waals surface area contributed by atoms with Crippen molar-refractivity contribution in [1.82, 2.24) is 4.90 Å². The van der Waals surface area contributed by atoms with Crippen LogP contribution in [0.15, 0.2) is 18.2 Å². The zero-order chi connectivity index (χ0) is 14.8. The van der Waals surface area contributed by atoms with Crippen LogP contribution < -0.4 is 9.47 Å². The maximum atomic E-state index is 12.1. The number of carbonyl (C=O) groups excluding carboxylic acids is 1. The summed E-state index contributed by atoms with van der Waals surface area (Å²) in [5.74, 6) is 1.86. The molecule has 21 heavy (non-hydrogen) atoms. The quantitative estimate of drug-likeness (QED) is 0.857. The maximum Gasteiger partial charge on any atom is 0.161 e. The Balaban J connectivity index is 1.91. The molecule has 0 aromatic heterocycles. The van der Waals surface area contributed by atoms with E-state index < -0.39 is 0 Å². The molecule has 2 saturated heterocycles. The van der Waals surface area contributed by atoms with Gasteiger partial charge in [0.1, 0.15) is 5.78 Å². The molecule has 0 N–H and O–H groups in total. The van der Waals surface area contributed by atoms with Crippen LogP contribution in [0, 0.1) is 0 Å². The van der Waals surface area contributed by atoms with E-state index in [1.807, 2.05) is 12.1 Å². The molecule has 2 fully saturated rings. The van der Waals surface area contributed by atoms with E-state index in [2.05, 4.69) is 11.0 Å². The molecule has 2 aliphatic heterocycles. The molecule has 4 nitrogen and oxygen atoms in total. The van der Waals surface area contributed by atoms with Crippen LogP contribution in [-0.4, -0.2) is 37.5 Å². The topological polar surface area (TPSA) is 38.8 Å². The summed E-state index contributed by atoms with van der Waals surface area (Å²) in [6.07, 6.45) is 4.97. The molecule has 1 aromatic rings. The van der Waals surface area contributed by atoms with Gasteiger partial charge in [0.15, 0.2) is 11.5 Å². The first-order valence-corrected chi connectivity index (χ1v) is 7.72. The van der Waals surface area contributed by atoms with Gasteiger partial charge >= 0.3 is 0 Å². The molecule has 0 bridgehead atoms. The summed E-state index contributed by atoms with van der Waals surface area (Å²) in [5, 5.41) is 0. The van der Waals surface area contributed by atoms with Gasteiger partial charge < -0.3 is 9.47 Å². The highest BCUT2D eigenvalue weighted by atomic mass is 16.5. The Bertz CT molecular complexity index is 529. The van der Waals surface area contributed by atoms with Crippen molar-refractivity contribution in [3.63, 3.8) is 0 Å². The Morgan fingerprint density at radius 1 is 1.10 bits per heavy atom. The van der Waals surface area contributed by atoms with Gasteiger partial charge in [0.05, 0.1) is 14.2 Å². The number of carbonyl (C=O) groups is 1. The molecule has 0 radical (unpaired) electrons. The predicted octanol–water partition coefficient (Wildman–Crippen LogP) is 2.96. The van der Waals surface area contributed by atoms with Crippen molar-refractivity contribution in [3.05, 3.63) is 23.8 Å². The lowest BCUT2D eigenvalue weighted by molar-refractivity contribution is -0.126. The van der Waals surface area contributed by atoms with Crippen LogP contribution in [0.2, 0.25) is 0 Å². The number of ketones is 1. The third kappa shape index (κ3) is 2.77. The molecule has 0 unspecified atom stereocenters. The Morgan fingerprint density at radius 3 is 2.67 bits per heavy atom. The number of benzene rings is 1. The number of hydrogen-bond acceptors (Lipinski definition) is 4. The van der Waals surface area contributed by atoms with Gasteiger partial charge in [-0.15, -0.1) is 0 Å². The highest BCUT2D eigenvalue weighted by Gasteiger charge is 2.36. The largest absolute Gasteiger partial charge is 0.493 e. The smallest absolute Gasteiger partial charge is 0.161 e. The van der Waals surface area contributed by atoms with Crippen LogP contribution in [-0.2, 0) is 4.79 Å². The Hall–Kier alpha value is -1.55. The molecule has 0 spiro atoms. The van der Waals surface area contributed by atoms with Gasteiger partial charge in [-0.05, 0) is 37.1 Å². The molecule has 114 valence electrons. The molecular formula is C17H23NO3. The standard InChI is InChI=1S/C17H23NO3/c1-20-16-7-6-12(9-17(16)21-2)15-11-14(19)10-13-5-3-4-8-18(13)15/h6-7,9,13,15H,3-5,8,10-11H2,1-2H3/t13-,15-/m0/s1. The number of ether oxygens (including phenoxy) is 2. The van der Waals surface area contributed by atoms with Gasteiger partial charge in [-0.25, -0.2) is 0 Å². The van der Waals surface area contributed by atoms with Crippen LogP contribution in [0.1, 0.15) is 43.7 Å². The average molecular weight is 289 g/mol. The van der Waals surface area contributed by atoms with Gasteiger partial charge in [-0.3, -0.25) is 9.69 Å². The molecule has 2 atom stereocenters. The molecule has 0 saturated carbocycles. The lowest BCUT2D eigenvalue weighted by atomic mass is 9.85. The fourth-order valence-electron chi connectivity index (χ4n) is 3.70. The molecule has 0 amide bonds. The first-order valence-electron chi connectivity index (χ1n) is 7.72. The second-order valence-electron chi connectivity index (χ2n) is 5.96. The Morgan fingerprint density at radius 2 is 1.90 bits per heavy atom. The minimum atomic E-state index is 0.191. The van der Waals surface area contributed by atoms with Crippen molar-refractivity contribution in [2.45, 2.75) is 44.2 Å². The Labute approximate surface area is 126 Å². The monoisotopic (exact) mass is 289 g/mol. The summed E-state index contributed by atoms with van der Waals surface area (Å²) in [5.41, 5.74) is 1.16. The molecule has 2 heterocycles. The predicted molar refractivity (Wildman–Crippen MR) is 80.9 cm³/mol. The molecular weight excluding hydrogens is 266 g/mol. The number of fused-ring (bicyclic) bond motifs is 1. The normalized spacial score (nSPS) is 26.3. The highest BCUT2D eigenvalue weighted by Crippen LogP contribution is 2.39. The minimum absolute atomic E-state index is 0.191. The molecule has 1 aromatic carbocycles. The van der Waals surface area contributed by atoms with Crippen LogP contribution in [0.3, 0.4) is 0 Å². The van der Waals surface area contributed by atoms with E-state index in [9.17, 15) is 4.79 Å². The van der Waals surface area contributed by atoms with Crippen LogP contribution >= 0.6 is 0 Å². The Kier molecular flexibility index (Phi) is 4.15. The summed E-state index contributed by atoms with van der Waals surface area (Å²) in [4.78, 5) is 14.6. The molecule has 2 aliphatic rings.